The molecule has 0 aliphatic heterocycles. The Balaban J connectivity index is 1.93. The van der Waals surface area contributed by atoms with Crippen molar-refractivity contribution in [1.82, 2.24) is 14.5 Å². The number of rotatable bonds is 4. The smallest absolute Gasteiger partial charge is 0.310 e. The number of esters is 1. The van der Waals surface area contributed by atoms with Crippen LogP contribution >= 0.6 is 11.6 Å². The van der Waals surface area contributed by atoms with Gasteiger partial charge in [0.2, 0.25) is 17.1 Å². The fraction of sp³-hybridized carbons (Fsp3) is 0.174. The Morgan fingerprint density at radius 2 is 2.03 bits per heavy atom. The van der Waals surface area contributed by atoms with Gasteiger partial charge in [-0.15, -0.1) is 0 Å². The van der Waals surface area contributed by atoms with E-state index in [2.05, 4.69) is 22.4 Å². The number of aryl methyl sites for hydroxylation is 1. The summed E-state index contributed by atoms with van der Waals surface area (Å²) in [5.74, 6) is 1.08. The highest BCUT2D eigenvalue weighted by Crippen LogP contribution is 2.33. The fourth-order valence-corrected chi connectivity index (χ4v) is 4.02. The van der Waals surface area contributed by atoms with E-state index in [1.807, 2.05) is 53.2 Å². The van der Waals surface area contributed by atoms with Crippen LogP contribution in [0.5, 0.6) is 5.75 Å². The first kappa shape index (κ1) is 18.6. The zero-order valence-electron chi connectivity index (χ0n) is 16.6. The van der Waals surface area contributed by atoms with Gasteiger partial charge in [-0.2, -0.15) is 4.40 Å². The highest BCUT2D eigenvalue weighted by atomic mass is 35.5. The van der Waals surface area contributed by atoms with Crippen molar-refractivity contribution in [3.05, 3.63) is 65.6 Å². The highest BCUT2D eigenvalue weighted by Gasteiger charge is 2.27. The summed E-state index contributed by atoms with van der Waals surface area (Å²) < 4.78 is 9.74. The Labute approximate surface area is 177 Å². The summed E-state index contributed by atoms with van der Waals surface area (Å²) >= 11 is 6.24. The molecule has 0 spiro atoms. The highest BCUT2D eigenvalue weighted by molar-refractivity contribution is 6.30. The van der Waals surface area contributed by atoms with Crippen LogP contribution in [0.1, 0.15) is 26.1 Å². The first-order valence-electron chi connectivity index (χ1n) is 9.93. The Kier molecular flexibility index (Phi) is 4.44. The third-order valence-corrected chi connectivity index (χ3v) is 5.45. The van der Waals surface area contributed by atoms with E-state index >= 15 is 0 Å². The molecule has 2 aromatic carbocycles. The minimum absolute atomic E-state index is 0.285. The van der Waals surface area contributed by atoms with Crippen LogP contribution in [0.4, 0.5) is 0 Å². The maximum atomic E-state index is 12.2. The van der Waals surface area contributed by atoms with E-state index in [-0.39, 0.29) is 12.4 Å². The Bertz CT molecular complexity index is 1430. The molecule has 7 heteroatoms. The average Bonchev–Trinajstić information content (AvgIpc) is 3.31. The van der Waals surface area contributed by atoms with Crippen LogP contribution < -0.4 is 9.14 Å². The number of carbonyl (C=O) groups excluding carboxylic acids is 1. The third-order valence-electron chi connectivity index (χ3n) is 5.21. The van der Waals surface area contributed by atoms with Gasteiger partial charge in [-0.25, -0.2) is 0 Å². The van der Waals surface area contributed by atoms with E-state index in [1.54, 1.807) is 6.92 Å². The molecule has 3 heterocycles. The predicted octanol–water partition coefficient (Wildman–Crippen LogP) is 4.78. The molecular weight excluding hydrogens is 400 g/mol. The number of fused-ring (bicyclic) bond motifs is 5. The third kappa shape index (κ3) is 2.83. The molecule has 30 heavy (non-hydrogen) atoms. The first-order chi connectivity index (χ1) is 14.6. The number of imidazole rings is 1. The summed E-state index contributed by atoms with van der Waals surface area (Å²) in [4.78, 5) is 20.6. The first-order valence-corrected chi connectivity index (χ1v) is 10.3. The molecule has 3 aromatic heterocycles. The molecule has 0 saturated carbocycles. The van der Waals surface area contributed by atoms with Gasteiger partial charge in [0.15, 0.2) is 11.1 Å². The molecule has 0 amide bonds. The van der Waals surface area contributed by atoms with Gasteiger partial charge in [0, 0.05) is 23.6 Å². The minimum atomic E-state index is -0.297. The Hall–Kier alpha value is -3.38. The van der Waals surface area contributed by atoms with Gasteiger partial charge in [0.1, 0.15) is 11.0 Å². The van der Waals surface area contributed by atoms with Gasteiger partial charge in [0.25, 0.3) is 0 Å². The molecule has 0 aliphatic carbocycles. The molecule has 1 N–H and O–H groups in total. The minimum Gasteiger partial charge on any atom is -0.424 e. The van der Waals surface area contributed by atoms with Gasteiger partial charge in [0.05, 0.1) is 6.20 Å². The Morgan fingerprint density at radius 1 is 1.20 bits per heavy atom. The number of aromatic nitrogens is 4. The summed E-state index contributed by atoms with van der Waals surface area (Å²) in [5.41, 5.74) is 4.42. The second-order valence-electron chi connectivity index (χ2n) is 7.08. The van der Waals surface area contributed by atoms with Crippen molar-refractivity contribution in [2.24, 2.45) is 0 Å². The maximum absolute atomic E-state index is 12.2. The molecule has 6 nitrogen and oxygen atoms in total. The van der Waals surface area contributed by atoms with E-state index < -0.39 is 0 Å². The second-order valence-corrected chi connectivity index (χ2v) is 7.51. The lowest BCUT2D eigenvalue weighted by atomic mass is 10.3. The maximum Gasteiger partial charge on any atom is 0.310 e. The number of nitrogens with zero attached hydrogens (tertiary/aromatic N) is 3. The van der Waals surface area contributed by atoms with E-state index in [0.29, 0.717) is 16.4 Å². The van der Waals surface area contributed by atoms with E-state index in [9.17, 15) is 4.79 Å². The largest absolute Gasteiger partial charge is 0.424 e. The number of nitrogens with one attached hydrogen (secondary N) is 1. The van der Waals surface area contributed by atoms with Gasteiger partial charge < -0.3 is 4.74 Å². The molecule has 0 unspecified atom stereocenters. The zero-order chi connectivity index (χ0) is 20.8. The normalized spacial score (nSPS) is 11.6. The number of carbonyl (C=O) groups is 1. The monoisotopic (exact) mass is 419 g/mol. The Morgan fingerprint density at radius 3 is 2.80 bits per heavy atom. The van der Waals surface area contributed by atoms with Crippen LogP contribution in [-0.4, -0.2) is 20.5 Å². The van der Waals surface area contributed by atoms with Crippen LogP contribution in [0, 0.1) is 0 Å². The van der Waals surface area contributed by atoms with E-state index in [0.717, 1.165) is 40.0 Å². The summed E-state index contributed by atoms with van der Waals surface area (Å²) in [7, 11) is 0. The number of ether oxygens (including phenoxy) is 1. The van der Waals surface area contributed by atoms with Gasteiger partial charge in [-0.1, -0.05) is 48.6 Å². The van der Waals surface area contributed by atoms with Gasteiger partial charge in [-0.3, -0.25) is 14.3 Å². The number of para-hydroxylation sites is 2. The van der Waals surface area contributed by atoms with Crippen LogP contribution in [0.3, 0.4) is 0 Å². The molecule has 5 aromatic rings. The lowest BCUT2D eigenvalue weighted by Crippen LogP contribution is -2.28. The van der Waals surface area contributed by atoms with Crippen LogP contribution in [0.2, 0.25) is 5.02 Å². The predicted molar refractivity (Wildman–Crippen MR) is 116 cm³/mol. The molecule has 5 rings (SSSR count). The van der Waals surface area contributed by atoms with Crippen molar-refractivity contribution in [3.63, 3.8) is 0 Å². The molecule has 0 atom stereocenters. The summed E-state index contributed by atoms with van der Waals surface area (Å²) in [5, 5.41) is 1.38. The molecule has 0 aliphatic rings. The number of hydrogen-bond donors (Lipinski definition) is 1. The lowest BCUT2D eigenvalue weighted by Gasteiger charge is -2.04. The molecule has 150 valence electrons. The fourth-order valence-electron chi connectivity index (χ4n) is 3.83. The van der Waals surface area contributed by atoms with Crippen LogP contribution in [0.25, 0.3) is 33.4 Å². The lowest BCUT2D eigenvalue weighted by molar-refractivity contribution is -0.494. The van der Waals surface area contributed by atoms with Crippen molar-refractivity contribution in [2.75, 3.05) is 0 Å². The van der Waals surface area contributed by atoms with Gasteiger partial charge >= 0.3 is 5.97 Å². The van der Waals surface area contributed by atoms with E-state index in [4.69, 9.17) is 21.3 Å². The molecule has 0 saturated heterocycles. The molecule has 0 bridgehead atoms. The van der Waals surface area contributed by atoms with Crippen molar-refractivity contribution in [2.45, 2.75) is 26.7 Å². The zero-order valence-corrected chi connectivity index (χ0v) is 17.4. The summed E-state index contributed by atoms with van der Waals surface area (Å²) in [6.45, 7) is 3.85. The van der Waals surface area contributed by atoms with Crippen molar-refractivity contribution in [3.8, 4) is 11.4 Å². The number of benzene rings is 2. The quantitative estimate of drug-likeness (QED) is 0.337. The number of aromatic amines is 1. The number of H-pyrrole nitrogens is 1. The van der Waals surface area contributed by atoms with Crippen LogP contribution in [0.15, 0.2) is 54.7 Å². The summed E-state index contributed by atoms with van der Waals surface area (Å²) in [6.07, 6.45) is 2.83. The SMILES string of the molecule is CCC(=O)Oc1cn(-c2cccc(Cl)c2)c2nc(CC)[n+]3c4ccccc4[nH]c3c12. The molecular formula is C23H20ClN4O2+. The summed E-state index contributed by atoms with van der Waals surface area (Å²) in [6, 6.07) is 15.6. The standard InChI is InChI=1S/C23H19ClN4O2/c1-3-19-26-22-21(23-25-16-10-5-6-11-17(16)28(19)23)18(30-20(29)4-2)13-27(22)15-9-7-8-14(24)12-15/h5-13H,3-4H2,1-2H3/p+1. The number of halogens is 1. The second kappa shape index (κ2) is 7.15. The topological polar surface area (TPSA) is 64.0 Å². The van der Waals surface area contributed by atoms with E-state index in [1.165, 1.54) is 0 Å². The average molecular weight is 420 g/mol. The van der Waals surface area contributed by atoms with Crippen LogP contribution in [-0.2, 0) is 11.2 Å². The van der Waals surface area contributed by atoms with Crippen molar-refractivity contribution < 1.29 is 13.9 Å². The number of hydrogen-bond acceptors (Lipinski definition) is 3. The molecule has 0 fully saturated rings. The molecule has 0 radical (unpaired) electrons. The van der Waals surface area contributed by atoms with Crippen molar-refractivity contribution in [1.29, 1.82) is 0 Å². The van der Waals surface area contributed by atoms with Gasteiger partial charge in [-0.05, 0) is 30.3 Å². The van der Waals surface area contributed by atoms with Crippen molar-refractivity contribution >= 4 is 45.3 Å².